The molecule has 1 aliphatic rings. The van der Waals surface area contributed by atoms with Gasteiger partial charge in [-0.1, -0.05) is 17.7 Å². The zero-order valence-corrected chi connectivity index (χ0v) is 12.9. The minimum absolute atomic E-state index is 0.0808. The van der Waals surface area contributed by atoms with Crippen LogP contribution < -0.4 is 15.4 Å². The Morgan fingerprint density at radius 1 is 1.43 bits per heavy atom. The summed E-state index contributed by atoms with van der Waals surface area (Å²) < 4.78 is 10.8. The van der Waals surface area contributed by atoms with Crippen LogP contribution in [0.4, 0.5) is 0 Å². The van der Waals surface area contributed by atoms with E-state index in [1.54, 1.807) is 13.2 Å². The van der Waals surface area contributed by atoms with Crippen LogP contribution in [0.1, 0.15) is 18.4 Å². The van der Waals surface area contributed by atoms with Gasteiger partial charge in [-0.15, -0.1) is 0 Å². The van der Waals surface area contributed by atoms with E-state index in [0.717, 1.165) is 31.5 Å². The number of hydrogen-bond acceptors (Lipinski definition) is 4. The van der Waals surface area contributed by atoms with Gasteiger partial charge in [0.25, 0.3) is 0 Å². The van der Waals surface area contributed by atoms with E-state index >= 15 is 0 Å². The smallest absolute Gasteiger partial charge is 0.246 e. The van der Waals surface area contributed by atoms with E-state index in [2.05, 4.69) is 10.6 Å². The minimum atomic E-state index is -0.143. The highest BCUT2D eigenvalue weighted by Gasteiger charge is 2.15. The fraction of sp³-hybridized carbons (Fsp3) is 0.533. The lowest BCUT2D eigenvalue weighted by Gasteiger charge is -2.22. The molecule has 5 nitrogen and oxygen atoms in total. The summed E-state index contributed by atoms with van der Waals surface area (Å²) in [6.07, 6.45) is 2.07. The van der Waals surface area contributed by atoms with Gasteiger partial charge in [0.05, 0.1) is 13.2 Å². The first-order chi connectivity index (χ1) is 10.2. The van der Waals surface area contributed by atoms with Gasteiger partial charge >= 0.3 is 0 Å². The molecule has 0 unspecified atom stereocenters. The van der Waals surface area contributed by atoms with Gasteiger partial charge in [-0.3, -0.25) is 4.79 Å². The normalized spacial score (nSPS) is 15.7. The zero-order chi connectivity index (χ0) is 15.1. The molecule has 2 N–H and O–H groups in total. The van der Waals surface area contributed by atoms with Crippen LogP contribution in [-0.2, 0) is 16.1 Å². The summed E-state index contributed by atoms with van der Waals surface area (Å²) in [5.41, 5.74) is 0.775. The quantitative estimate of drug-likeness (QED) is 0.840. The van der Waals surface area contributed by atoms with E-state index in [0.29, 0.717) is 17.3 Å². The molecule has 0 bridgehead atoms. The number of ether oxygens (including phenoxy) is 2. The summed E-state index contributed by atoms with van der Waals surface area (Å²) in [4.78, 5) is 11.8. The highest BCUT2D eigenvalue weighted by Crippen LogP contribution is 2.25. The Bertz CT molecular complexity index is 476. The maximum Gasteiger partial charge on any atom is 0.246 e. The molecule has 2 rings (SSSR count). The second-order valence-corrected chi connectivity index (χ2v) is 5.36. The second kappa shape index (κ2) is 8.22. The highest BCUT2D eigenvalue weighted by atomic mass is 35.5. The van der Waals surface area contributed by atoms with Gasteiger partial charge in [-0.25, -0.2) is 0 Å². The second-order valence-electron chi connectivity index (χ2n) is 4.96. The molecule has 0 aliphatic carbocycles. The van der Waals surface area contributed by atoms with Crippen molar-refractivity contribution in [3.63, 3.8) is 0 Å². The Hall–Kier alpha value is -1.30. The lowest BCUT2D eigenvalue weighted by molar-refractivity contribution is -0.128. The van der Waals surface area contributed by atoms with E-state index in [4.69, 9.17) is 21.1 Å². The number of carbonyl (C=O) groups is 1. The van der Waals surface area contributed by atoms with Gasteiger partial charge in [0.2, 0.25) is 5.91 Å². The lowest BCUT2D eigenvalue weighted by Crippen LogP contribution is -2.35. The van der Waals surface area contributed by atoms with Crippen molar-refractivity contribution in [2.75, 3.05) is 26.8 Å². The van der Waals surface area contributed by atoms with Gasteiger partial charge in [-0.05, 0) is 38.1 Å². The van der Waals surface area contributed by atoms with Gasteiger partial charge < -0.3 is 20.1 Å². The van der Waals surface area contributed by atoms with Crippen molar-refractivity contribution in [1.82, 2.24) is 10.6 Å². The summed E-state index contributed by atoms with van der Waals surface area (Å²) in [5.74, 6) is 0.526. The van der Waals surface area contributed by atoms with Crippen LogP contribution in [0, 0.1) is 0 Å². The molecular weight excluding hydrogens is 292 g/mol. The molecule has 0 aromatic heterocycles. The number of hydrogen-bond donors (Lipinski definition) is 2. The van der Waals surface area contributed by atoms with Crippen molar-refractivity contribution >= 4 is 17.5 Å². The third kappa shape index (κ3) is 4.88. The molecule has 0 spiro atoms. The predicted molar refractivity (Wildman–Crippen MR) is 81.7 cm³/mol. The zero-order valence-electron chi connectivity index (χ0n) is 12.2. The Labute approximate surface area is 130 Å². The number of amides is 1. The molecule has 1 saturated heterocycles. The number of nitrogens with one attached hydrogen (secondary N) is 2. The summed E-state index contributed by atoms with van der Waals surface area (Å²) in [5, 5.41) is 6.65. The first-order valence-corrected chi connectivity index (χ1v) is 7.49. The number of benzene rings is 1. The molecule has 0 atom stereocenters. The molecule has 116 valence electrons. The molecule has 1 aliphatic heterocycles. The number of carbonyl (C=O) groups excluding carboxylic acids is 1. The number of piperidine rings is 1. The summed E-state index contributed by atoms with van der Waals surface area (Å²) >= 11 is 6.12. The molecule has 1 aromatic rings. The molecule has 1 amide bonds. The van der Waals surface area contributed by atoms with Gasteiger partial charge in [0, 0.05) is 17.1 Å². The van der Waals surface area contributed by atoms with E-state index in [-0.39, 0.29) is 18.6 Å². The third-order valence-electron chi connectivity index (χ3n) is 3.49. The highest BCUT2D eigenvalue weighted by molar-refractivity contribution is 6.31. The minimum Gasteiger partial charge on any atom is -0.496 e. The number of rotatable bonds is 6. The Morgan fingerprint density at radius 2 is 2.19 bits per heavy atom. The van der Waals surface area contributed by atoms with Crippen LogP contribution >= 0.6 is 11.6 Å². The van der Waals surface area contributed by atoms with Crippen molar-refractivity contribution in [2.45, 2.75) is 25.5 Å². The average molecular weight is 313 g/mol. The van der Waals surface area contributed by atoms with Gasteiger partial charge in [0.15, 0.2) is 0 Å². The summed E-state index contributed by atoms with van der Waals surface area (Å²) in [6, 6.07) is 5.41. The molecule has 0 saturated carbocycles. The summed E-state index contributed by atoms with van der Waals surface area (Å²) in [6.45, 7) is 2.31. The molecule has 0 radical (unpaired) electrons. The fourth-order valence-corrected chi connectivity index (χ4v) is 2.53. The standard InChI is InChI=1S/C15H21ClN2O3/c1-20-14-4-2-3-13(16)12(14)9-18-15(19)10-21-11-5-7-17-8-6-11/h2-4,11,17H,5-10H2,1H3,(H,18,19). The maximum absolute atomic E-state index is 11.8. The first kappa shape index (κ1) is 16.1. The van der Waals surface area contributed by atoms with Crippen LogP contribution in [0.2, 0.25) is 5.02 Å². The largest absolute Gasteiger partial charge is 0.496 e. The predicted octanol–water partition coefficient (Wildman–Crippen LogP) is 1.73. The third-order valence-corrected chi connectivity index (χ3v) is 3.85. The lowest BCUT2D eigenvalue weighted by atomic mass is 10.1. The van der Waals surface area contributed by atoms with Crippen LogP contribution in [0.15, 0.2) is 18.2 Å². The maximum atomic E-state index is 11.8. The van der Waals surface area contributed by atoms with Crippen LogP contribution in [0.25, 0.3) is 0 Å². The molecule has 1 aromatic carbocycles. The number of methoxy groups -OCH3 is 1. The van der Waals surface area contributed by atoms with Crippen molar-refractivity contribution in [3.8, 4) is 5.75 Å². The van der Waals surface area contributed by atoms with Crippen LogP contribution in [-0.4, -0.2) is 38.8 Å². The van der Waals surface area contributed by atoms with Crippen LogP contribution in [0.5, 0.6) is 5.75 Å². The molecule has 1 fully saturated rings. The Kier molecular flexibility index (Phi) is 6.29. The number of halogens is 1. The Morgan fingerprint density at radius 3 is 2.90 bits per heavy atom. The molecule has 6 heteroatoms. The molecule has 21 heavy (non-hydrogen) atoms. The van der Waals surface area contributed by atoms with Gasteiger partial charge in [0.1, 0.15) is 12.4 Å². The monoisotopic (exact) mass is 312 g/mol. The van der Waals surface area contributed by atoms with Crippen molar-refractivity contribution in [2.24, 2.45) is 0 Å². The Balaban J connectivity index is 1.78. The van der Waals surface area contributed by atoms with Crippen LogP contribution in [0.3, 0.4) is 0 Å². The first-order valence-electron chi connectivity index (χ1n) is 7.11. The molecule has 1 heterocycles. The van der Waals surface area contributed by atoms with E-state index in [1.165, 1.54) is 0 Å². The SMILES string of the molecule is COc1cccc(Cl)c1CNC(=O)COC1CCNCC1. The van der Waals surface area contributed by atoms with E-state index in [1.807, 2.05) is 12.1 Å². The van der Waals surface area contributed by atoms with E-state index in [9.17, 15) is 4.79 Å². The molecular formula is C15H21ClN2O3. The van der Waals surface area contributed by atoms with Crippen molar-refractivity contribution in [3.05, 3.63) is 28.8 Å². The van der Waals surface area contributed by atoms with Crippen molar-refractivity contribution < 1.29 is 14.3 Å². The summed E-state index contributed by atoms with van der Waals surface area (Å²) in [7, 11) is 1.58. The van der Waals surface area contributed by atoms with Gasteiger partial charge in [-0.2, -0.15) is 0 Å². The topological polar surface area (TPSA) is 59.6 Å². The average Bonchev–Trinajstić information content (AvgIpc) is 2.52. The van der Waals surface area contributed by atoms with Crippen molar-refractivity contribution in [1.29, 1.82) is 0 Å². The fourth-order valence-electron chi connectivity index (χ4n) is 2.30. The van der Waals surface area contributed by atoms with E-state index < -0.39 is 0 Å².